The van der Waals surface area contributed by atoms with E-state index in [2.05, 4.69) is 26.1 Å². The second kappa shape index (κ2) is 6.71. The van der Waals surface area contributed by atoms with Gasteiger partial charge in [-0.1, -0.05) is 39.0 Å². The van der Waals surface area contributed by atoms with Crippen LogP contribution in [0.1, 0.15) is 49.5 Å². The lowest BCUT2D eigenvalue weighted by atomic mass is 9.79. The third kappa shape index (κ3) is 3.91. The van der Waals surface area contributed by atoms with Crippen molar-refractivity contribution in [2.75, 3.05) is 19.8 Å². The molecule has 1 aliphatic rings. The maximum atomic E-state index is 12.6. The molecule has 126 valence electrons. The first kappa shape index (κ1) is 17.5. The second-order valence-electron chi connectivity index (χ2n) is 7.24. The van der Waals surface area contributed by atoms with E-state index < -0.39 is 5.41 Å². The van der Waals surface area contributed by atoms with Crippen molar-refractivity contribution in [2.24, 2.45) is 11.1 Å². The SMILES string of the molecule is CC(C)(C)c1ccccc1C(=O)NCC1(C(N)=O)CCOCC1. The zero-order valence-electron chi connectivity index (χ0n) is 14.1. The number of carbonyl (C=O) groups excluding carboxylic acids is 2. The van der Waals surface area contributed by atoms with Crippen LogP contribution in [0.2, 0.25) is 0 Å². The number of ether oxygens (including phenoxy) is 1. The van der Waals surface area contributed by atoms with E-state index >= 15 is 0 Å². The molecule has 0 unspecified atom stereocenters. The number of rotatable bonds is 4. The lowest BCUT2D eigenvalue weighted by Crippen LogP contribution is -2.49. The molecule has 0 radical (unpaired) electrons. The van der Waals surface area contributed by atoms with Crippen molar-refractivity contribution in [1.82, 2.24) is 5.32 Å². The summed E-state index contributed by atoms with van der Waals surface area (Å²) in [4.78, 5) is 24.5. The van der Waals surface area contributed by atoms with E-state index in [9.17, 15) is 9.59 Å². The van der Waals surface area contributed by atoms with Gasteiger partial charge in [0.15, 0.2) is 0 Å². The molecule has 1 aromatic rings. The van der Waals surface area contributed by atoms with Gasteiger partial charge in [0.2, 0.25) is 5.91 Å². The van der Waals surface area contributed by atoms with Crippen LogP contribution in [0, 0.1) is 5.41 Å². The minimum Gasteiger partial charge on any atom is -0.381 e. The number of hydrogen-bond acceptors (Lipinski definition) is 3. The van der Waals surface area contributed by atoms with Crippen LogP contribution >= 0.6 is 0 Å². The molecule has 1 aliphatic heterocycles. The summed E-state index contributed by atoms with van der Waals surface area (Å²) >= 11 is 0. The molecule has 2 amide bonds. The normalized spacial score (nSPS) is 17.5. The Morgan fingerprint density at radius 1 is 1.22 bits per heavy atom. The molecule has 3 N–H and O–H groups in total. The van der Waals surface area contributed by atoms with Crippen LogP contribution < -0.4 is 11.1 Å². The third-order valence-corrected chi connectivity index (χ3v) is 4.54. The van der Waals surface area contributed by atoms with Gasteiger partial charge in [0, 0.05) is 25.3 Å². The Labute approximate surface area is 137 Å². The van der Waals surface area contributed by atoms with Crippen LogP contribution in [0.3, 0.4) is 0 Å². The second-order valence-corrected chi connectivity index (χ2v) is 7.24. The minimum atomic E-state index is -0.704. The van der Waals surface area contributed by atoms with Gasteiger partial charge in [0.1, 0.15) is 0 Å². The molecule has 0 bridgehead atoms. The number of nitrogens with two attached hydrogens (primary N) is 1. The highest BCUT2D eigenvalue weighted by Crippen LogP contribution is 2.30. The van der Waals surface area contributed by atoms with Gasteiger partial charge in [-0.3, -0.25) is 9.59 Å². The van der Waals surface area contributed by atoms with Crippen LogP contribution in [0.5, 0.6) is 0 Å². The first-order chi connectivity index (χ1) is 10.8. The van der Waals surface area contributed by atoms with Crippen molar-refractivity contribution >= 4 is 11.8 Å². The summed E-state index contributed by atoms with van der Waals surface area (Å²) < 4.78 is 5.31. The zero-order valence-corrected chi connectivity index (χ0v) is 14.1. The molecule has 1 fully saturated rings. The monoisotopic (exact) mass is 318 g/mol. The van der Waals surface area contributed by atoms with Gasteiger partial charge in [0.25, 0.3) is 5.91 Å². The predicted octanol–water partition coefficient (Wildman–Crippen LogP) is 2.00. The Hall–Kier alpha value is -1.88. The van der Waals surface area contributed by atoms with Gasteiger partial charge in [0.05, 0.1) is 5.41 Å². The fourth-order valence-electron chi connectivity index (χ4n) is 2.95. The maximum Gasteiger partial charge on any atom is 0.251 e. The Kier molecular flexibility index (Phi) is 5.09. The standard InChI is InChI=1S/C18H26N2O3/c1-17(2,3)14-7-5-4-6-13(14)15(21)20-12-18(16(19)22)8-10-23-11-9-18/h4-7H,8-12H2,1-3H3,(H2,19,22)(H,20,21). The highest BCUT2D eigenvalue weighted by Gasteiger charge is 2.39. The summed E-state index contributed by atoms with van der Waals surface area (Å²) in [5.41, 5.74) is 6.37. The van der Waals surface area contributed by atoms with E-state index in [4.69, 9.17) is 10.5 Å². The smallest absolute Gasteiger partial charge is 0.251 e. The Morgan fingerprint density at radius 2 is 1.83 bits per heavy atom. The summed E-state index contributed by atoms with van der Waals surface area (Å²) in [6.45, 7) is 7.46. The number of benzene rings is 1. The topological polar surface area (TPSA) is 81.4 Å². The molecule has 1 aromatic carbocycles. The summed E-state index contributed by atoms with van der Waals surface area (Å²) in [5.74, 6) is -0.534. The van der Waals surface area contributed by atoms with Crippen molar-refractivity contribution in [3.8, 4) is 0 Å². The van der Waals surface area contributed by atoms with Crippen LogP contribution in [0.4, 0.5) is 0 Å². The lowest BCUT2D eigenvalue weighted by molar-refractivity contribution is -0.132. The molecule has 0 aromatic heterocycles. The van der Waals surface area contributed by atoms with Gasteiger partial charge >= 0.3 is 0 Å². The Morgan fingerprint density at radius 3 is 2.39 bits per heavy atom. The summed E-state index contributed by atoms with van der Waals surface area (Å²) in [6, 6.07) is 7.56. The zero-order chi connectivity index (χ0) is 17.1. The highest BCUT2D eigenvalue weighted by molar-refractivity contribution is 5.96. The molecule has 5 nitrogen and oxygen atoms in total. The molecular formula is C18H26N2O3. The number of nitrogens with one attached hydrogen (secondary N) is 1. The van der Waals surface area contributed by atoms with Crippen LogP contribution in [0.25, 0.3) is 0 Å². The fourth-order valence-corrected chi connectivity index (χ4v) is 2.95. The first-order valence-electron chi connectivity index (χ1n) is 8.02. The predicted molar refractivity (Wildman–Crippen MR) is 89.2 cm³/mol. The summed E-state index contributed by atoms with van der Waals surface area (Å²) in [5, 5.41) is 2.91. The molecule has 1 saturated heterocycles. The number of carbonyl (C=O) groups is 2. The molecular weight excluding hydrogens is 292 g/mol. The summed E-state index contributed by atoms with van der Waals surface area (Å²) in [7, 11) is 0. The van der Waals surface area contributed by atoms with Crippen molar-refractivity contribution in [1.29, 1.82) is 0 Å². The number of hydrogen-bond donors (Lipinski definition) is 2. The van der Waals surface area contributed by atoms with Gasteiger partial charge < -0.3 is 15.8 Å². The van der Waals surface area contributed by atoms with Crippen LogP contribution in [0.15, 0.2) is 24.3 Å². The van der Waals surface area contributed by atoms with Crippen molar-refractivity contribution in [2.45, 2.75) is 39.0 Å². The van der Waals surface area contributed by atoms with Gasteiger partial charge in [-0.15, -0.1) is 0 Å². The molecule has 2 rings (SSSR count). The molecule has 1 heterocycles. The molecule has 0 saturated carbocycles. The molecule has 0 aliphatic carbocycles. The van der Waals surface area contributed by atoms with E-state index in [0.29, 0.717) is 31.6 Å². The third-order valence-electron chi connectivity index (χ3n) is 4.54. The molecule has 5 heteroatoms. The average Bonchev–Trinajstić information content (AvgIpc) is 2.52. The van der Waals surface area contributed by atoms with Gasteiger partial charge in [-0.05, 0) is 29.9 Å². The first-order valence-corrected chi connectivity index (χ1v) is 8.02. The highest BCUT2D eigenvalue weighted by atomic mass is 16.5. The largest absolute Gasteiger partial charge is 0.381 e. The van der Waals surface area contributed by atoms with Crippen LogP contribution in [-0.2, 0) is 14.9 Å². The van der Waals surface area contributed by atoms with Gasteiger partial charge in [-0.25, -0.2) is 0 Å². The van der Waals surface area contributed by atoms with E-state index in [0.717, 1.165) is 5.56 Å². The molecule has 0 spiro atoms. The molecule has 23 heavy (non-hydrogen) atoms. The van der Waals surface area contributed by atoms with E-state index in [1.807, 2.05) is 24.3 Å². The van der Waals surface area contributed by atoms with E-state index in [-0.39, 0.29) is 23.8 Å². The lowest BCUT2D eigenvalue weighted by Gasteiger charge is -2.34. The van der Waals surface area contributed by atoms with Crippen molar-refractivity contribution in [3.63, 3.8) is 0 Å². The maximum absolute atomic E-state index is 12.6. The summed E-state index contributed by atoms with van der Waals surface area (Å²) in [6.07, 6.45) is 1.09. The number of primary amides is 1. The van der Waals surface area contributed by atoms with Gasteiger partial charge in [-0.2, -0.15) is 0 Å². The van der Waals surface area contributed by atoms with Crippen molar-refractivity contribution in [3.05, 3.63) is 35.4 Å². The average molecular weight is 318 g/mol. The Balaban J connectivity index is 2.15. The van der Waals surface area contributed by atoms with Crippen LogP contribution in [-0.4, -0.2) is 31.6 Å². The van der Waals surface area contributed by atoms with E-state index in [1.165, 1.54) is 0 Å². The molecule has 0 atom stereocenters. The van der Waals surface area contributed by atoms with Crippen molar-refractivity contribution < 1.29 is 14.3 Å². The van der Waals surface area contributed by atoms with E-state index in [1.54, 1.807) is 0 Å². The Bertz CT molecular complexity index is 584. The minimum absolute atomic E-state index is 0.131. The quantitative estimate of drug-likeness (QED) is 0.891. The fraction of sp³-hybridized carbons (Fsp3) is 0.556. The number of amides is 2.